The normalized spacial score (nSPS) is 18.3. The highest BCUT2D eigenvalue weighted by Gasteiger charge is 2.19. The van der Waals surface area contributed by atoms with E-state index in [2.05, 4.69) is 50.2 Å². The average Bonchev–Trinajstić information content (AvgIpc) is 2.73. The summed E-state index contributed by atoms with van der Waals surface area (Å²) in [4.78, 5) is 0. The Balaban J connectivity index is 1.98. The van der Waals surface area contributed by atoms with Gasteiger partial charge in [0.2, 0.25) is 0 Å². The number of benzene rings is 1. The molecule has 1 aromatic carbocycles. The zero-order valence-electron chi connectivity index (χ0n) is 12.9. The van der Waals surface area contributed by atoms with E-state index in [4.69, 9.17) is 4.74 Å². The molecule has 1 saturated carbocycles. The molecule has 0 saturated heterocycles. The van der Waals surface area contributed by atoms with Gasteiger partial charge in [0.1, 0.15) is 5.75 Å². The van der Waals surface area contributed by atoms with Gasteiger partial charge in [0.25, 0.3) is 0 Å². The fourth-order valence-corrected chi connectivity index (χ4v) is 4.70. The van der Waals surface area contributed by atoms with Crippen molar-refractivity contribution in [3.63, 3.8) is 0 Å². The van der Waals surface area contributed by atoms with Crippen molar-refractivity contribution in [1.29, 1.82) is 0 Å². The third-order valence-corrected chi connectivity index (χ3v) is 5.56. The fourth-order valence-electron chi connectivity index (χ4n) is 3.22. The number of rotatable bonds is 5. The summed E-state index contributed by atoms with van der Waals surface area (Å²) in [5.41, 5.74) is 1.19. The van der Waals surface area contributed by atoms with Crippen LogP contribution in [0.4, 0.5) is 0 Å². The second-order valence-electron chi connectivity index (χ2n) is 6.00. The van der Waals surface area contributed by atoms with Gasteiger partial charge in [0.15, 0.2) is 0 Å². The summed E-state index contributed by atoms with van der Waals surface area (Å²) < 4.78 is 7.60. The van der Waals surface area contributed by atoms with Gasteiger partial charge in [-0.25, -0.2) is 0 Å². The largest absolute Gasteiger partial charge is 0.495 e. The lowest BCUT2D eigenvalue weighted by atomic mass is 9.93. The lowest BCUT2D eigenvalue weighted by Gasteiger charge is -2.24. The highest BCUT2D eigenvalue weighted by Crippen LogP contribution is 2.33. The summed E-state index contributed by atoms with van der Waals surface area (Å²) in [5, 5.41) is 3.70. The summed E-state index contributed by atoms with van der Waals surface area (Å²) >= 11 is 7.13. The van der Waals surface area contributed by atoms with Crippen LogP contribution in [0.3, 0.4) is 0 Å². The Bertz CT molecular complexity index is 456. The molecule has 0 bridgehead atoms. The Labute approximate surface area is 145 Å². The molecule has 1 aromatic rings. The van der Waals surface area contributed by atoms with E-state index in [1.54, 1.807) is 7.11 Å². The zero-order chi connectivity index (χ0) is 15.2. The Kier molecular flexibility index (Phi) is 7.03. The van der Waals surface area contributed by atoms with E-state index in [1.165, 1.54) is 44.1 Å². The van der Waals surface area contributed by atoms with Gasteiger partial charge in [0.05, 0.1) is 11.6 Å². The Morgan fingerprint density at radius 2 is 1.86 bits per heavy atom. The maximum Gasteiger partial charge on any atom is 0.137 e. The van der Waals surface area contributed by atoms with Gasteiger partial charge in [0, 0.05) is 22.6 Å². The van der Waals surface area contributed by atoms with Crippen LogP contribution in [-0.4, -0.2) is 13.2 Å². The molecule has 118 valence electrons. The van der Waals surface area contributed by atoms with E-state index in [-0.39, 0.29) is 0 Å². The molecule has 0 amide bonds. The minimum absolute atomic E-state index is 0.561. The standard InChI is InChI=1S/C17H25Br2NO/c1-12(13-7-5-3-4-6-8-13)20-11-14-9-15(18)10-16(19)17(14)21-2/h9-10,12-13,20H,3-8,11H2,1-2H3/t12-/m1/s1. The monoisotopic (exact) mass is 417 g/mol. The van der Waals surface area contributed by atoms with Crippen LogP contribution in [0.25, 0.3) is 0 Å². The molecule has 1 N–H and O–H groups in total. The molecule has 0 aromatic heterocycles. The summed E-state index contributed by atoms with van der Waals surface area (Å²) in [5.74, 6) is 1.74. The van der Waals surface area contributed by atoms with Crippen LogP contribution in [0.1, 0.15) is 51.0 Å². The molecule has 1 aliphatic rings. The van der Waals surface area contributed by atoms with Crippen molar-refractivity contribution in [2.45, 2.75) is 58.0 Å². The minimum atomic E-state index is 0.561. The van der Waals surface area contributed by atoms with E-state index < -0.39 is 0 Å². The minimum Gasteiger partial charge on any atom is -0.495 e. The number of nitrogens with one attached hydrogen (secondary N) is 1. The predicted octanol–water partition coefficient (Wildman–Crippen LogP) is 5.67. The average molecular weight is 419 g/mol. The van der Waals surface area contributed by atoms with Gasteiger partial charge in [-0.05, 0) is 53.7 Å². The summed E-state index contributed by atoms with van der Waals surface area (Å²) in [6.07, 6.45) is 8.34. The second-order valence-corrected chi connectivity index (χ2v) is 7.77. The van der Waals surface area contributed by atoms with Crippen LogP contribution in [0.15, 0.2) is 21.1 Å². The lowest BCUT2D eigenvalue weighted by molar-refractivity contribution is 0.333. The number of ether oxygens (including phenoxy) is 1. The van der Waals surface area contributed by atoms with Crippen LogP contribution in [0.2, 0.25) is 0 Å². The zero-order valence-corrected chi connectivity index (χ0v) is 16.1. The highest BCUT2D eigenvalue weighted by atomic mass is 79.9. The fraction of sp³-hybridized carbons (Fsp3) is 0.647. The van der Waals surface area contributed by atoms with Crippen molar-refractivity contribution >= 4 is 31.9 Å². The number of hydrogen-bond acceptors (Lipinski definition) is 2. The maximum absolute atomic E-state index is 5.52. The molecule has 0 spiro atoms. The first-order valence-electron chi connectivity index (χ1n) is 7.87. The molecule has 0 unspecified atom stereocenters. The van der Waals surface area contributed by atoms with E-state index in [1.807, 2.05) is 6.07 Å². The van der Waals surface area contributed by atoms with Crippen LogP contribution >= 0.6 is 31.9 Å². The van der Waals surface area contributed by atoms with Crippen LogP contribution < -0.4 is 10.1 Å². The highest BCUT2D eigenvalue weighted by molar-refractivity contribution is 9.11. The number of halogens is 2. The SMILES string of the molecule is COc1c(Br)cc(Br)cc1CN[C@H](C)C1CCCCCC1. The van der Waals surface area contributed by atoms with Gasteiger partial charge in [-0.2, -0.15) is 0 Å². The van der Waals surface area contributed by atoms with Crippen molar-refractivity contribution in [1.82, 2.24) is 5.32 Å². The molecule has 1 aliphatic carbocycles. The van der Waals surface area contributed by atoms with Crippen LogP contribution in [-0.2, 0) is 6.54 Å². The molecule has 0 aliphatic heterocycles. The van der Waals surface area contributed by atoms with Crippen LogP contribution in [0, 0.1) is 5.92 Å². The van der Waals surface area contributed by atoms with Crippen LogP contribution in [0.5, 0.6) is 5.75 Å². The van der Waals surface area contributed by atoms with Crippen molar-refractivity contribution in [2.75, 3.05) is 7.11 Å². The van der Waals surface area contributed by atoms with Crippen molar-refractivity contribution in [3.8, 4) is 5.75 Å². The molecule has 0 radical (unpaired) electrons. The Hall–Kier alpha value is -0.0600. The van der Waals surface area contributed by atoms with Gasteiger partial charge < -0.3 is 10.1 Å². The van der Waals surface area contributed by atoms with Crippen molar-refractivity contribution in [2.24, 2.45) is 5.92 Å². The van der Waals surface area contributed by atoms with E-state index >= 15 is 0 Å². The van der Waals surface area contributed by atoms with E-state index in [0.29, 0.717) is 6.04 Å². The maximum atomic E-state index is 5.52. The van der Waals surface area contributed by atoms with Gasteiger partial charge in [-0.3, -0.25) is 0 Å². The summed E-state index contributed by atoms with van der Waals surface area (Å²) in [6, 6.07) is 4.72. The molecule has 1 fully saturated rings. The molecular weight excluding hydrogens is 394 g/mol. The third-order valence-electron chi connectivity index (χ3n) is 4.51. The quantitative estimate of drug-likeness (QED) is 0.622. The first-order valence-corrected chi connectivity index (χ1v) is 9.45. The molecule has 4 heteroatoms. The third kappa shape index (κ3) is 4.97. The molecule has 2 nitrogen and oxygen atoms in total. The smallest absolute Gasteiger partial charge is 0.137 e. The summed E-state index contributed by atoms with van der Waals surface area (Å²) in [7, 11) is 1.73. The molecule has 21 heavy (non-hydrogen) atoms. The van der Waals surface area contributed by atoms with Gasteiger partial charge in [-0.1, -0.05) is 41.6 Å². The Morgan fingerprint density at radius 3 is 2.48 bits per heavy atom. The second kappa shape index (κ2) is 8.54. The first kappa shape index (κ1) is 17.3. The predicted molar refractivity (Wildman–Crippen MR) is 95.9 cm³/mol. The first-order chi connectivity index (χ1) is 10.1. The van der Waals surface area contributed by atoms with E-state index in [0.717, 1.165) is 27.2 Å². The lowest BCUT2D eigenvalue weighted by Crippen LogP contribution is -2.33. The molecule has 2 rings (SSSR count). The number of hydrogen-bond donors (Lipinski definition) is 1. The van der Waals surface area contributed by atoms with Gasteiger partial charge in [-0.15, -0.1) is 0 Å². The molecular formula is C17H25Br2NO. The van der Waals surface area contributed by atoms with E-state index in [9.17, 15) is 0 Å². The van der Waals surface area contributed by atoms with Crippen molar-refractivity contribution < 1.29 is 4.74 Å². The molecule has 0 heterocycles. The molecule has 1 atom stereocenters. The number of methoxy groups -OCH3 is 1. The Morgan fingerprint density at radius 1 is 1.19 bits per heavy atom. The summed E-state index contributed by atoms with van der Waals surface area (Å²) in [6.45, 7) is 3.17. The topological polar surface area (TPSA) is 21.3 Å². The van der Waals surface area contributed by atoms with Crippen molar-refractivity contribution in [3.05, 3.63) is 26.6 Å². The van der Waals surface area contributed by atoms with Gasteiger partial charge >= 0.3 is 0 Å².